The summed E-state index contributed by atoms with van der Waals surface area (Å²) in [6, 6.07) is 75.7. The predicted molar refractivity (Wildman–Crippen MR) is 246 cm³/mol. The zero-order chi connectivity index (χ0) is 37.5. The molecule has 0 saturated carbocycles. The van der Waals surface area contributed by atoms with Gasteiger partial charge in [0, 0.05) is 43.0 Å². The van der Waals surface area contributed by atoms with Crippen LogP contribution in [-0.4, -0.2) is 4.57 Å². The van der Waals surface area contributed by atoms with Crippen LogP contribution in [0.25, 0.3) is 91.1 Å². The molecule has 10 aromatic carbocycles. The second-order valence-corrected chi connectivity index (χ2v) is 15.9. The van der Waals surface area contributed by atoms with E-state index in [4.69, 9.17) is 0 Å². The van der Waals surface area contributed by atoms with Gasteiger partial charge >= 0.3 is 0 Å². The van der Waals surface area contributed by atoms with Crippen LogP contribution in [0.4, 0.5) is 17.1 Å². The lowest BCUT2D eigenvalue weighted by atomic mass is 9.96. The Bertz CT molecular complexity index is 3520. The van der Waals surface area contributed by atoms with Gasteiger partial charge in [-0.2, -0.15) is 0 Å². The lowest BCUT2D eigenvalue weighted by Gasteiger charge is -2.28. The average Bonchev–Trinajstić information content (AvgIpc) is 3.84. The highest BCUT2D eigenvalue weighted by atomic mass is 32.1. The molecule has 0 aliphatic heterocycles. The minimum atomic E-state index is 1.12. The average molecular weight is 743 g/mol. The zero-order valence-corrected chi connectivity index (χ0v) is 31.7. The third kappa shape index (κ3) is 4.89. The van der Waals surface area contributed by atoms with E-state index >= 15 is 0 Å². The van der Waals surface area contributed by atoms with E-state index in [-0.39, 0.29) is 0 Å². The predicted octanol–water partition coefficient (Wildman–Crippen LogP) is 15.7. The minimum absolute atomic E-state index is 1.12. The Morgan fingerprint density at radius 3 is 1.82 bits per heavy atom. The van der Waals surface area contributed by atoms with Crippen molar-refractivity contribution in [3.63, 3.8) is 0 Å². The molecule has 0 unspecified atom stereocenters. The first-order valence-corrected chi connectivity index (χ1v) is 20.3. The Morgan fingerprint density at radius 1 is 0.368 bits per heavy atom. The van der Waals surface area contributed by atoms with Crippen LogP contribution in [0, 0.1) is 0 Å². The monoisotopic (exact) mass is 742 g/mol. The highest BCUT2D eigenvalue weighted by Gasteiger charge is 2.23. The summed E-state index contributed by atoms with van der Waals surface area (Å²) < 4.78 is 5.03. The summed E-state index contributed by atoms with van der Waals surface area (Å²) in [5, 5.41) is 12.6. The van der Waals surface area contributed by atoms with E-state index in [1.807, 2.05) is 11.3 Å². The fourth-order valence-corrected chi connectivity index (χ4v) is 10.6. The van der Waals surface area contributed by atoms with Crippen molar-refractivity contribution in [2.75, 3.05) is 4.90 Å². The first-order valence-electron chi connectivity index (χ1n) is 19.5. The maximum atomic E-state index is 2.52. The summed E-state index contributed by atoms with van der Waals surface area (Å²) in [4.78, 5) is 2.52. The van der Waals surface area contributed by atoms with Gasteiger partial charge in [0.15, 0.2) is 0 Å². The highest BCUT2D eigenvalue weighted by Crippen LogP contribution is 2.49. The Balaban J connectivity index is 1.19. The SMILES string of the molecule is c1ccc(-c2ccc(N(c3ccc4c(c3)c3c5ccccc5ccc3n4-c3ccccc3)c3cccc4c3sc3c5ccccc5ccc43)c3ccccc23)cc1. The fourth-order valence-electron chi connectivity index (χ4n) is 9.22. The molecular weight excluding hydrogens is 709 g/mol. The van der Waals surface area contributed by atoms with Crippen LogP contribution in [0.3, 0.4) is 0 Å². The quantitative estimate of drug-likeness (QED) is 0.170. The molecule has 2 nitrogen and oxygen atoms in total. The normalized spacial score (nSPS) is 11.9. The summed E-state index contributed by atoms with van der Waals surface area (Å²) in [6.45, 7) is 0. The molecule has 0 bridgehead atoms. The summed E-state index contributed by atoms with van der Waals surface area (Å²) in [5.74, 6) is 0. The smallest absolute Gasteiger partial charge is 0.0640 e. The van der Waals surface area contributed by atoms with Gasteiger partial charge in [0.2, 0.25) is 0 Å². The first kappa shape index (κ1) is 32.1. The number of thiophene rings is 1. The molecule has 0 radical (unpaired) electrons. The number of nitrogens with zero attached hydrogens (tertiary/aromatic N) is 2. The van der Waals surface area contributed by atoms with E-state index in [0.717, 1.165) is 17.1 Å². The van der Waals surface area contributed by atoms with Gasteiger partial charge in [0.25, 0.3) is 0 Å². The molecule has 266 valence electrons. The molecule has 0 N–H and O–H groups in total. The van der Waals surface area contributed by atoms with Gasteiger partial charge in [-0.3, -0.25) is 0 Å². The molecule has 0 aliphatic carbocycles. The number of anilines is 3. The van der Waals surface area contributed by atoms with Crippen molar-refractivity contribution in [1.29, 1.82) is 0 Å². The number of hydrogen-bond donors (Lipinski definition) is 0. The molecule has 0 atom stereocenters. The van der Waals surface area contributed by atoms with Gasteiger partial charge in [-0.1, -0.05) is 158 Å². The number of rotatable bonds is 5. The summed E-state index contributed by atoms with van der Waals surface area (Å²) in [5.41, 5.74) is 9.43. The van der Waals surface area contributed by atoms with Crippen LogP contribution in [-0.2, 0) is 0 Å². The topological polar surface area (TPSA) is 8.17 Å². The number of aromatic nitrogens is 1. The first-order chi connectivity index (χ1) is 28.3. The van der Waals surface area contributed by atoms with Gasteiger partial charge in [-0.15, -0.1) is 11.3 Å². The van der Waals surface area contributed by atoms with Crippen LogP contribution in [0.15, 0.2) is 206 Å². The van der Waals surface area contributed by atoms with Crippen molar-refractivity contribution in [1.82, 2.24) is 4.57 Å². The third-order valence-corrected chi connectivity index (χ3v) is 13.0. The number of para-hydroxylation sites is 1. The van der Waals surface area contributed by atoms with E-state index in [9.17, 15) is 0 Å². The molecule has 0 saturated heterocycles. The van der Waals surface area contributed by atoms with Crippen LogP contribution < -0.4 is 4.90 Å². The molecule has 12 rings (SSSR count). The second kappa shape index (κ2) is 12.7. The summed E-state index contributed by atoms with van der Waals surface area (Å²) in [6.07, 6.45) is 0. The Hall–Kier alpha value is -7.20. The second-order valence-electron chi connectivity index (χ2n) is 14.9. The van der Waals surface area contributed by atoms with Gasteiger partial charge in [-0.05, 0) is 86.6 Å². The molecule has 2 aromatic heterocycles. The summed E-state index contributed by atoms with van der Waals surface area (Å²) >= 11 is 1.90. The fraction of sp³-hybridized carbons (Fsp3) is 0. The standard InChI is InChI=1S/C54H34N2S/c1-3-14-35(15-4-1)40-30-33-48(44-23-12-11-22-43(40)44)56(51-25-13-24-45-46-29-26-37-17-8-10-21-42(37)53(46)57-54(45)51)39-28-32-49-47(34-39)52-41-20-9-7-16-36(41)27-31-50(52)55(49)38-18-5-2-6-19-38/h1-34H. The molecule has 3 heteroatoms. The molecule has 57 heavy (non-hydrogen) atoms. The van der Waals surface area contributed by atoms with E-state index in [2.05, 4.69) is 216 Å². The Morgan fingerprint density at radius 2 is 1.00 bits per heavy atom. The van der Waals surface area contributed by atoms with Gasteiger partial charge in [0.1, 0.15) is 0 Å². The molecule has 0 amide bonds. The lowest BCUT2D eigenvalue weighted by Crippen LogP contribution is -2.11. The molecule has 12 aromatic rings. The van der Waals surface area contributed by atoms with E-state index < -0.39 is 0 Å². The van der Waals surface area contributed by atoms with E-state index in [1.165, 1.54) is 91.1 Å². The van der Waals surface area contributed by atoms with Gasteiger partial charge in [0.05, 0.1) is 27.1 Å². The third-order valence-electron chi connectivity index (χ3n) is 11.7. The Labute approximate surface area is 333 Å². The molecule has 0 aliphatic rings. The van der Waals surface area contributed by atoms with Crippen molar-refractivity contribution >= 4 is 103 Å². The maximum Gasteiger partial charge on any atom is 0.0640 e. The van der Waals surface area contributed by atoms with Crippen molar-refractivity contribution in [2.45, 2.75) is 0 Å². The van der Waals surface area contributed by atoms with Crippen LogP contribution in [0.1, 0.15) is 0 Å². The van der Waals surface area contributed by atoms with Crippen LogP contribution in [0.5, 0.6) is 0 Å². The molecule has 2 heterocycles. The summed E-state index contributed by atoms with van der Waals surface area (Å²) in [7, 11) is 0. The van der Waals surface area contributed by atoms with Crippen molar-refractivity contribution in [3.05, 3.63) is 206 Å². The molecular formula is C54H34N2S. The lowest BCUT2D eigenvalue weighted by molar-refractivity contribution is 1.18. The van der Waals surface area contributed by atoms with Crippen molar-refractivity contribution in [2.24, 2.45) is 0 Å². The van der Waals surface area contributed by atoms with Crippen molar-refractivity contribution < 1.29 is 0 Å². The number of fused-ring (bicyclic) bond motifs is 11. The maximum absolute atomic E-state index is 2.52. The largest absolute Gasteiger partial charge is 0.309 e. The van der Waals surface area contributed by atoms with Gasteiger partial charge < -0.3 is 9.47 Å². The zero-order valence-electron chi connectivity index (χ0n) is 30.9. The highest BCUT2D eigenvalue weighted by molar-refractivity contribution is 7.27. The number of hydrogen-bond acceptors (Lipinski definition) is 2. The minimum Gasteiger partial charge on any atom is -0.309 e. The van der Waals surface area contributed by atoms with Crippen molar-refractivity contribution in [3.8, 4) is 16.8 Å². The molecule has 0 spiro atoms. The van der Waals surface area contributed by atoms with E-state index in [0.29, 0.717) is 0 Å². The Kier molecular flexibility index (Phi) is 7.13. The van der Waals surface area contributed by atoms with Gasteiger partial charge in [-0.25, -0.2) is 0 Å². The van der Waals surface area contributed by atoms with E-state index in [1.54, 1.807) is 0 Å². The van der Waals surface area contributed by atoms with Crippen LogP contribution >= 0.6 is 11.3 Å². The molecule has 0 fully saturated rings. The van der Waals surface area contributed by atoms with Crippen LogP contribution in [0.2, 0.25) is 0 Å². The number of benzene rings is 10.